The molecule has 0 saturated heterocycles. The average Bonchev–Trinajstić information content (AvgIpc) is 2.41. The van der Waals surface area contributed by atoms with E-state index in [0.717, 1.165) is 19.3 Å². The lowest BCUT2D eigenvalue weighted by molar-refractivity contribution is -0.138. The van der Waals surface area contributed by atoms with Gasteiger partial charge in [0.2, 0.25) is 0 Å². The minimum atomic E-state index is -0.638. The SMILES string of the molecule is C=CC=CCCCCCCC(CCCCC)CC(=O)O. The molecule has 0 amide bonds. The summed E-state index contributed by atoms with van der Waals surface area (Å²) in [6.45, 7) is 5.83. The molecule has 0 aromatic rings. The van der Waals surface area contributed by atoms with Gasteiger partial charge in [0.25, 0.3) is 0 Å². The Balaban J connectivity index is 3.64. The van der Waals surface area contributed by atoms with Crippen LogP contribution in [0, 0.1) is 5.92 Å². The summed E-state index contributed by atoms with van der Waals surface area (Å²) >= 11 is 0. The Hall–Kier alpha value is -1.05. The molecule has 0 aliphatic heterocycles. The Bertz CT molecular complexity index is 269. The van der Waals surface area contributed by atoms with E-state index >= 15 is 0 Å². The molecule has 0 fully saturated rings. The molecule has 0 aliphatic rings. The van der Waals surface area contributed by atoms with E-state index in [-0.39, 0.29) is 0 Å². The molecule has 1 unspecified atom stereocenters. The fourth-order valence-corrected chi connectivity index (χ4v) is 2.52. The second-order valence-electron chi connectivity index (χ2n) is 5.62. The number of carboxylic acid groups (broad SMARTS) is 1. The van der Waals surface area contributed by atoms with Crippen LogP contribution >= 0.6 is 0 Å². The monoisotopic (exact) mass is 280 g/mol. The Morgan fingerprint density at radius 3 is 2.35 bits per heavy atom. The zero-order valence-corrected chi connectivity index (χ0v) is 13.2. The molecule has 1 N–H and O–H groups in total. The Labute approximate surface area is 125 Å². The van der Waals surface area contributed by atoms with Gasteiger partial charge in [0.05, 0.1) is 0 Å². The van der Waals surface area contributed by atoms with Crippen LogP contribution in [-0.2, 0) is 4.79 Å². The van der Waals surface area contributed by atoms with Gasteiger partial charge in [0, 0.05) is 6.42 Å². The van der Waals surface area contributed by atoms with Crippen LogP contribution in [0.25, 0.3) is 0 Å². The molecule has 116 valence electrons. The molecule has 0 aromatic carbocycles. The number of carbonyl (C=O) groups is 1. The number of unbranched alkanes of at least 4 members (excludes halogenated alkanes) is 6. The van der Waals surface area contributed by atoms with Crippen molar-refractivity contribution in [2.24, 2.45) is 5.92 Å². The lowest BCUT2D eigenvalue weighted by Gasteiger charge is -2.14. The van der Waals surface area contributed by atoms with Crippen molar-refractivity contribution < 1.29 is 9.90 Å². The maximum Gasteiger partial charge on any atom is 0.303 e. The summed E-state index contributed by atoms with van der Waals surface area (Å²) in [4.78, 5) is 10.9. The van der Waals surface area contributed by atoms with Crippen molar-refractivity contribution in [2.75, 3.05) is 0 Å². The average molecular weight is 280 g/mol. The largest absolute Gasteiger partial charge is 0.481 e. The highest BCUT2D eigenvalue weighted by Crippen LogP contribution is 2.21. The first-order chi connectivity index (χ1) is 9.70. The number of aliphatic carboxylic acids is 1. The summed E-state index contributed by atoms with van der Waals surface area (Å²) in [6, 6.07) is 0. The van der Waals surface area contributed by atoms with Crippen LogP contribution in [0.2, 0.25) is 0 Å². The van der Waals surface area contributed by atoms with Gasteiger partial charge in [-0.2, -0.15) is 0 Å². The second kappa shape index (κ2) is 14.4. The molecule has 0 spiro atoms. The zero-order valence-electron chi connectivity index (χ0n) is 13.2. The van der Waals surface area contributed by atoms with E-state index in [1.54, 1.807) is 0 Å². The van der Waals surface area contributed by atoms with Gasteiger partial charge in [-0.1, -0.05) is 70.3 Å². The van der Waals surface area contributed by atoms with E-state index < -0.39 is 5.97 Å². The fourth-order valence-electron chi connectivity index (χ4n) is 2.52. The van der Waals surface area contributed by atoms with Gasteiger partial charge in [0.1, 0.15) is 0 Å². The van der Waals surface area contributed by atoms with Gasteiger partial charge in [-0.25, -0.2) is 0 Å². The van der Waals surface area contributed by atoms with Crippen molar-refractivity contribution >= 4 is 5.97 Å². The zero-order chi connectivity index (χ0) is 15.1. The number of rotatable bonds is 14. The third-order valence-corrected chi connectivity index (χ3v) is 3.68. The maximum absolute atomic E-state index is 10.9. The van der Waals surface area contributed by atoms with Crippen LogP contribution in [0.1, 0.15) is 77.6 Å². The van der Waals surface area contributed by atoms with E-state index in [9.17, 15) is 4.79 Å². The van der Waals surface area contributed by atoms with Crippen LogP contribution in [0.4, 0.5) is 0 Å². The first-order valence-corrected chi connectivity index (χ1v) is 8.20. The van der Waals surface area contributed by atoms with Crippen LogP contribution < -0.4 is 0 Å². The molecule has 0 rings (SSSR count). The standard InChI is InChI=1S/C18H32O2/c1-3-5-7-8-9-10-11-13-15-17(16-18(19)20)14-12-6-4-2/h3,5,7,17H,1,4,6,8-16H2,2H3,(H,19,20). The number of carboxylic acids is 1. The van der Waals surface area contributed by atoms with Gasteiger partial charge in [-0.05, 0) is 31.6 Å². The molecule has 0 aliphatic carbocycles. The number of hydrogen-bond acceptors (Lipinski definition) is 1. The summed E-state index contributed by atoms with van der Waals surface area (Å²) in [7, 11) is 0. The van der Waals surface area contributed by atoms with E-state index in [4.69, 9.17) is 5.11 Å². The predicted octanol–water partition coefficient (Wildman–Crippen LogP) is 5.74. The highest BCUT2D eigenvalue weighted by Gasteiger charge is 2.12. The van der Waals surface area contributed by atoms with Crippen molar-refractivity contribution in [3.05, 3.63) is 24.8 Å². The quantitative estimate of drug-likeness (QED) is 0.325. The van der Waals surface area contributed by atoms with Crippen LogP contribution in [-0.4, -0.2) is 11.1 Å². The molecule has 2 nitrogen and oxygen atoms in total. The van der Waals surface area contributed by atoms with Crippen LogP contribution in [0.15, 0.2) is 24.8 Å². The van der Waals surface area contributed by atoms with Gasteiger partial charge in [-0.3, -0.25) is 4.79 Å². The van der Waals surface area contributed by atoms with Crippen molar-refractivity contribution in [1.29, 1.82) is 0 Å². The molecule has 0 aromatic heterocycles. The third kappa shape index (κ3) is 13.4. The summed E-state index contributed by atoms with van der Waals surface area (Å²) in [6.07, 6.45) is 18.1. The van der Waals surface area contributed by atoms with Crippen molar-refractivity contribution in [1.82, 2.24) is 0 Å². The van der Waals surface area contributed by atoms with Gasteiger partial charge in [0.15, 0.2) is 0 Å². The topological polar surface area (TPSA) is 37.3 Å². The van der Waals surface area contributed by atoms with E-state index in [2.05, 4.69) is 19.6 Å². The first-order valence-electron chi connectivity index (χ1n) is 8.20. The highest BCUT2D eigenvalue weighted by molar-refractivity contribution is 5.66. The van der Waals surface area contributed by atoms with Crippen molar-refractivity contribution in [2.45, 2.75) is 77.6 Å². The molecule has 20 heavy (non-hydrogen) atoms. The normalized spacial score (nSPS) is 12.7. The third-order valence-electron chi connectivity index (χ3n) is 3.68. The van der Waals surface area contributed by atoms with Gasteiger partial charge < -0.3 is 5.11 Å². The second-order valence-corrected chi connectivity index (χ2v) is 5.62. The number of hydrogen-bond donors (Lipinski definition) is 1. The summed E-state index contributed by atoms with van der Waals surface area (Å²) in [5.74, 6) is -0.249. The summed E-state index contributed by atoms with van der Waals surface area (Å²) < 4.78 is 0. The molecule has 1 atom stereocenters. The fraction of sp³-hybridized carbons (Fsp3) is 0.722. The minimum absolute atomic E-state index is 0.353. The van der Waals surface area contributed by atoms with Crippen LogP contribution in [0.5, 0.6) is 0 Å². The highest BCUT2D eigenvalue weighted by atomic mass is 16.4. The Kier molecular flexibility index (Phi) is 13.6. The predicted molar refractivity (Wildman–Crippen MR) is 86.9 cm³/mol. The van der Waals surface area contributed by atoms with Gasteiger partial charge in [-0.15, -0.1) is 0 Å². The molecule has 2 heteroatoms. The summed E-state index contributed by atoms with van der Waals surface area (Å²) in [5.41, 5.74) is 0. The van der Waals surface area contributed by atoms with E-state index in [1.807, 2.05) is 12.2 Å². The Morgan fingerprint density at radius 1 is 1.10 bits per heavy atom. The molecular weight excluding hydrogens is 248 g/mol. The molecular formula is C18H32O2. The minimum Gasteiger partial charge on any atom is -0.481 e. The lowest BCUT2D eigenvalue weighted by Crippen LogP contribution is -2.08. The van der Waals surface area contributed by atoms with E-state index in [1.165, 1.54) is 44.9 Å². The smallest absolute Gasteiger partial charge is 0.303 e. The number of allylic oxidation sites excluding steroid dienone is 3. The van der Waals surface area contributed by atoms with Crippen LogP contribution in [0.3, 0.4) is 0 Å². The first kappa shape index (κ1) is 18.9. The van der Waals surface area contributed by atoms with Crippen molar-refractivity contribution in [3.63, 3.8) is 0 Å². The molecule has 0 saturated carbocycles. The van der Waals surface area contributed by atoms with Crippen molar-refractivity contribution in [3.8, 4) is 0 Å². The molecule has 0 heterocycles. The Morgan fingerprint density at radius 2 is 1.75 bits per heavy atom. The molecule has 0 bridgehead atoms. The lowest BCUT2D eigenvalue weighted by atomic mass is 9.92. The van der Waals surface area contributed by atoms with Gasteiger partial charge >= 0.3 is 5.97 Å². The van der Waals surface area contributed by atoms with E-state index in [0.29, 0.717) is 12.3 Å². The maximum atomic E-state index is 10.9. The summed E-state index contributed by atoms with van der Waals surface area (Å²) in [5, 5.41) is 8.95. The molecule has 0 radical (unpaired) electrons.